The number of sulfonamides is 1. The van der Waals surface area contributed by atoms with Gasteiger partial charge < -0.3 is 19.9 Å². The van der Waals surface area contributed by atoms with Crippen LogP contribution in [0.1, 0.15) is 12.8 Å². The molecule has 0 saturated heterocycles. The molecular formula is C19H18F2IN3O5S. The van der Waals surface area contributed by atoms with E-state index in [9.17, 15) is 23.0 Å². The Balaban J connectivity index is 1.90. The van der Waals surface area contributed by atoms with E-state index in [-0.39, 0.29) is 28.2 Å². The van der Waals surface area contributed by atoms with Crippen molar-refractivity contribution >= 4 is 60.8 Å². The van der Waals surface area contributed by atoms with Crippen LogP contribution in [-0.2, 0) is 10.0 Å². The number of aliphatic hydroxyl groups excluding tert-OH is 2. The van der Waals surface area contributed by atoms with E-state index in [0.717, 1.165) is 10.7 Å². The van der Waals surface area contributed by atoms with Crippen LogP contribution in [0.2, 0.25) is 0 Å². The van der Waals surface area contributed by atoms with Crippen molar-refractivity contribution in [2.45, 2.75) is 24.2 Å². The highest BCUT2D eigenvalue weighted by Gasteiger charge is 2.42. The van der Waals surface area contributed by atoms with Gasteiger partial charge in [-0.3, -0.25) is 4.31 Å². The number of rotatable bonds is 8. The van der Waals surface area contributed by atoms with Crippen LogP contribution < -0.4 is 9.62 Å². The summed E-state index contributed by atoms with van der Waals surface area (Å²) in [6, 6.07) is 5.51. The number of aromatic nitrogens is 1. The maximum Gasteiger partial charge on any atom is 0.238 e. The van der Waals surface area contributed by atoms with Gasteiger partial charge in [0.1, 0.15) is 17.0 Å². The van der Waals surface area contributed by atoms with Crippen molar-refractivity contribution in [3.8, 4) is 0 Å². The van der Waals surface area contributed by atoms with E-state index in [0.29, 0.717) is 16.4 Å². The highest BCUT2D eigenvalue weighted by molar-refractivity contribution is 14.1. The predicted octanol–water partition coefficient (Wildman–Crippen LogP) is 3.11. The van der Waals surface area contributed by atoms with E-state index in [1.807, 2.05) is 22.6 Å². The van der Waals surface area contributed by atoms with Gasteiger partial charge in [-0.15, -0.1) is 0 Å². The zero-order chi connectivity index (χ0) is 22.3. The third kappa shape index (κ3) is 4.33. The molecule has 166 valence electrons. The summed E-state index contributed by atoms with van der Waals surface area (Å²) in [4.78, 5) is 3.81. The van der Waals surface area contributed by atoms with Crippen molar-refractivity contribution in [3.05, 3.63) is 45.9 Å². The molecule has 2 aromatic carbocycles. The SMILES string of the molecule is O=S(=O)(C1CC1)N(CC(O)CO)c1cc2ocnc2c(F)c1Nc1ccc(I)cc1F. The van der Waals surface area contributed by atoms with E-state index in [1.165, 1.54) is 18.2 Å². The second-order valence-electron chi connectivity index (χ2n) is 7.14. The van der Waals surface area contributed by atoms with Gasteiger partial charge in [-0.25, -0.2) is 22.2 Å². The van der Waals surface area contributed by atoms with Crippen LogP contribution in [0.15, 0.2) is 35.1 Å². The van der Waals surface area contributed by atoms with Crippen molar-refractivity contribution in [2.24, 2.45) is 0 Å². The van der Waals surface area contributed by atoms with Crippen LogP contribution >= 0.6 is 22.6 Å². The predicted molar refractivity (Wildman–Crippen MR) is 119 cm³/mol. The number of hydrogen-bond donors (Lipinski definition) is 3. The number of halogens is 3. The Kier molecular flexibility index (Phi) is 6.07. The van der Waals surface area contributed by atoms with Gasteiger partial charge in [0.25, 0.3) is 0 Å². The fraction of sp³-hybridized carbons (Fsp3) is 0.316. The number of oxazole rings is 1. The monoisotopic (exact) mass is 565 g/mol. The number of fused-ring (bicyclic) bond motifs is 1. The Morgan fingerprint density at radius 1 is 1.32 bits per heavy atom. The summed E-state index contributed by atoms with van der Waals surface area (Å²) in [7, 11) is -3.99. The summed E-state index contributed by atoms with van der Waals surface area (Å²) in [5.74, 6) is -1.60. The van der Waals surface area contributed by atoms with Gasteiger partial charge in [-0.2, -0.15) is 0 Å². The standard InChI is InChI=1S/C19H18F2IN3O5S/c20-13-5-10(22)1-4-14(13)24-18-15(6-16-19(17(18)21)23-9-30-16)25(7-11(27)8-26)31(28,29)12-2-3-12/h1,4-6,9,11-12,24,26-27H,2-3,7-8H2. The number of anilines is 3. The molecule has 12 heteroatoms. The number of nitrogens with one attached hydrogen (secondary N) is 1. The van der Waals surface area contributed by atoms with Crippen LogP contribution in [0.3, 0.4) is 0 Å². The van der Waals surface area contributed by atoms with Crippen molar-refractivity contribution in [1.29, 1.82) is 0 Å². The molecule has 1 unspecified atom stereocenters. The summed E-state index contributed by atoms with van der Waals surface area (Å²) in [5, 5.41) is 21.2. The Bertz CT molecular complexity index is 1230. The Morgan fingerprint density at radius 2 is 2.06 bits per heavy atom. The molecule has 0 aliphatic heterocycles. The fourth-order valence-corrected chi connectivity index (χ4v) is 5.47. The molecular weight excluding hydrogens is 547 g/mol. The molecule has 3 N–H and O–H groups in total. The van der Waals surface area contributed by atoms with Crippen molar-refractivity contribution in [1.82, 2.24) is 4.98 Å². The third-order valence-corrected chi connectivity index (χ3v) is 7.79. The van der Waals surface area contributed by atoms with Gasteiger partial charge in [-0.05, 0) is 53.6 Å². The third-order valence-electron chi connectivity index (χ3n) is 4.85. The lowest BCUT2D eigenvalue weighted by atomic mass is 10.2. The van der Waals surface area contributed by atoms with Crippen LogP contribution in [-0.4, -0.2) is 48.1 Å². The first-order chi connectivity index (χ1) is 14.7. The van der Waals surface area contributed by atoms with Crippen LogP contribution in [0.4, 0.5) is 25.8 Å². The highest BCUT2D eigenvalue weighted by atomic mass is 127. The fourth-order valence-electron chi connectivity index (χ4n) is 3.13. The molecule has 1 aliphatic rings. The number of nitrogens with zero attached hydrogens (tertiary/aromatic N) is 2. The van der Waals surface area contributed by atoms with Crippen molar-refractivity contribution in [2.75, 3.05) is 22.8 Å². The first-order valence-corrected chi connectivity index (χ1v) is 11.9. The lowest BCUT2D eigenvalue weighted by Crippen LogP contribution is -2.41. The Labute approximate surface area is 190 Å². The minimum absolute atomic E-state index is 0.0179. The van der Waals surface area contributed by atoms with Crippen molar-refractivity contribution in [3.63, 3.8) is 0 Å². The lowest BCUT2D eigenvalue weighted by Gasteiger charge is -2.28. The molecule has 1 fully saturated rings. The molecule has 31 heavy (non-hydrogen) atoms. The zero-order valence-corrected chi connectivity index (χ0v) is 18.9. The van der Waals surface area contributed by atoms with Gasteiger partial charge in [0.15, 0.2) is 17.8 Å². The largest absolute Gasteiger partial charge is 0.443 e. The molecule has 1 aliphatic carbocycles. The molecule has 1 heterocycles. The maximum absolute atomic E-state index is 15.4. The maximum atomic E-state index is 15.4. The summed E-state index contributed by atoms with van der Waals surface area (Å²) in [6.45, 7) is -1.21. The summed E-state index contributed by atoms with van der Waals surface area (Å²) < 4.78 is 62.7. The molecule has 4 rings (SSSR count). The van der Waals surface area contributed by atoms with Gasteiger partial charge in [0, 0.05) is 9.64 Å². The van der Waals surface area contributed by atoms with E-state index < -0.39 is 46.2 Å². The topological polar surface area (TPSA) is 116 Å². The molecule has 1 saturated carbocycles. The first-order valence-electron chi connectivity index (χ1n) is 9.30. The summed E-state index contributed by atoms with van der Waals surface area (Å²) in [5.41, 5.74) is -0.774. The van der Waals surface area contributed by atoms with Gasteiger partial charge in [0.05, 0.1) is 35.9 Å². The second-order valence-corrected chi connectivity index (χ2v) is 10.5. The van der Waals surface area contributed by atoms with Gasteiger partial charge in [-0.1, -0.05) is 0 Å². The quantitative estimate of drug-likeness (QED) is 0.360. The first kappa shape index (κ1) is 22.2. The average molecular weight is 565 g/mol. The lowest BCUT2D eigenvalue weighted by molar-refractivity contribution is 0.102. The van der Waals surface area contributed by atoms with E-state index in [1.54, 1.807) is 6.07 Å². The van der Waals surface area contributed by atoms with Gasteiger partial charge >= 0.3 is 0 Å². The number of hydrogen-bond acceptors (Lipinski definition) is 7. The molecule has 8 nitrogen and oxygen atoms in total. The molecule has 3 aromatic rings. The molecule has 0 radical (unpaired) electrons. The normalized spacial score (nSPS) is 15.3. The minimum Gasteiger partial charge on any atom is -0.443 e. The number of aliphatic hydroxyl groups is 2. The molecule has 0 amide bonds. The van der Waals surface area contributed by atoms with Gasteiger partial charge in [0.2, 0.25) is 10.0 Å². The molecule has 0 bridgehead atoms. The second kappa shape index (κ2) is 8.48. The Morgan fingerprint density at radius 3 is 2.71 bits per heavy atom. The summed E-state index contributed by atoms with van der Waals surface area (Å²) >= 11 is 1.93. The van der Waals surface area contributed by atoms with E-state index in [2.05, 4.69) is 10.3 Å². The zero-order valence-electron chi connectivity index (χ0n) is 15.9. The van der Waals surface area contributed by atoms with Crippen LogP contribution in [0.25, 0.3) is 11.1 Å². The molecule has 1 atom stereocenters. The molecule has 0 spiro atoms. The van der Waals surface area contributed by atoms with Crippen LogP contribution in [0.5, 0.6) is 0 Å². The van der Waals surface area contributed by atoms with Crippen LogP contribution in [0, 0.1) is 15.2 Å². The van der Waals surface area contributed by atoms with Crippen molar-refractivity contribution < 1.29 is 31.8 Å². The number of benzene rings is 2. The highest BCUT2D eigenvalue weighted by Crippen LogP contribution is 2.41. The Hall–Kier alpha value is -2.03. The average Bonchev–Trinajstić information content (AvgIpc) is 3.49. The summed E-state index contributed by atoms with van der Waals surface area (Å²) in [6.07, 6.45) is 0.449. The van der Waals surface area contributed by atoms with E-state index in [4.69, 9.17) is 4.42 Å². The van der Waals surface area contributed by atoms with E-state index >= 15 is 4.39 Å². The smallest absolute Gasteiger partial charge is 0.238 e. The minimum atomic E-state index is -3.99. The molecule has 1 aromatic heterocycles.